The number of carboxylic acid groups (broad SMARTS) is 2. The van der Waals surface area contributed by atoms with Gasteiger partial charge in [-0.3, -0.25) is 19.2 Å². The summed E-state index contributed by atoms with van der Waals surface area (Å²) in [6, 6.07) is -4.64. The molecule has 0 saturated carbocycles. The lowest BCUT2D eigenvalue weighted by atomic mass is 10.0. The molecule has 0 fully saturated rings. The third-order valence-corrected chi connectivity index (χ3v) is 4.61. The lowest BCUT2D eigenvalue weighted by Gasteiger charge is -2.24. The molecule has 0 aromatic heterocycles. The standard InChI is InChI=1S/C17H30N4O7S/c1-8(2)13(17(27)28)21-16(26)11(7-12(22)23)20-14(24)9(3)19-15(25)10(18)5-6-29-4/h8-11,13H,5-7,18H2,1-4H3,(H,19,25)(H,20,24)(H,21,26)(H,22,23)(H,27,28). The minimum Gasteiger partial charge on any atom is -0.481 e. The van der Waals surface area contributed by atoms with Crippen LogP contribution in [0.3, 0.4) is 0 Å². The van der Waals surface area contributed by atoms with E-state index in [1.165, 1.54) is 18.7 Å². The van der Waals surface area contributed by atoms with E-state index in [0.29, 0.717) is 12.2 Å². The van der Waals surface area contributed by atoms with Crippen LogP contribution in [-0.4, -0.2) is 76.0 Å². The van der Waals surface area contributed by atoms with Crippen molar-refractivity contribution in [2.75, 3.05) is 12.0 Å². The van der Waals surface area contributed by atoms with E-state index in [9.17, 15) is 24.0 Å². The number of aliphatic carboxylic acids is 2. The molecule has 4 atom stereocenters. The number of hydrogen-bond donors (Lipinski definition) is 6. The van der Waals surface area contributed by atoms with E-state index in [1.807, 2.05) is 6.26 Å². The van der Waals surface area contributed by atoms with Gasteiger partial charge in [0, 0.05) is 0 Å². The van der Waals surface area contributed by atoms with Crippen LogP contribution in [0.25, 0.3) is 0 Å². The number of thioether (sulfide) groups is 1. The monoisotopic (exact) mass is 434 g/mol. The van der Waals surface area contributed by atoms with Gasteiger partial charge in [0.1, 0.15) is 18.1 Å². The van der Waals surface area contributed by atoms with E-state index >= 15 is 0 Å². The first-order valence-electron chi connectivity index (χ1n) is 9.00. The lowest BCUT2D eigenvalue weighted by Crippen LogP contribution is -2.57. The molecular weight excluding hydrogens is 404 g/mol. The van der Waals surface area contributed by atoms with Crippen molar-refractivity contribution in [2.24, 2.45) is 11.7 Å². The van der Waals surface area contributed by atoms with Gasteiger partial charge in [-0.25, -0.2) is 4.79 Å². The quantitative estimate of drug-likeness (QED) is 0.206. The van der Waals surface area contributed by atoms with Crippen molar-refractivity contribution < 1.29 is 34.2 Å². The SMILES string of the molecule is CSCCC(N)C(=O)NC(C)C(=O)NC(CC(=O)O)C(=O)NC(C(=O)O)C(C)C. The van der Waals surface area contributed by atoms with Gasteiger partial charge in [0.25, 0.3) is 0 Å². The summed E-state index contributed by atoms with van der Waals surface area (Å²) in [5, 5.41) is 25.0. The second-order valence-electron chi connectivity index (χ2n) is 6.85. The Kier molecular flexibility index (Phi) is 11.9. The molecule has 0 aromatic rings. The highest BCUT2D eigenvalue weighted by Gasteiger charge is 2.31. The molecule has 166 valence electrons. The number of rotatable bonds is 13. The summed E-state index contributed by atoms with van der Waals surface area (Å²) >= 11 is 1.52. The highest BCUT2D eigenvalue weighted by atomic mass is 32.2. The normalized spacial score (nSPS) is 15.0. The summed E-state index contributed by atoms with van der Waals surface area (Å²) in [6.07, 6.45) is 1.52. The molecule has 11 nitrogen and oxygen atoms in total. The van der Waals surface area contributed by atoms with E-state index < -0.39 is 66.2 Å². The predicted octanol–water partition coefficient (Wildman–Crippen LogP) is -1.24. The van der Waals surface area contributed by atoms with Crippen molar-refractivity contribution in [3.8, 4) is 0 Å². The van der Waals surface area contributed by atoms with E-state index in [2.05, 4.69) is 16.0 Å². The Morgan fingerprint density at radius 2 is 1.52 bits per heavy atom. The summed E-state index contributed by atoms with van der Waals surface area (Å²) in [4.78, 5) is 58.9. The molecule has 0 radical (unpaired) electrons. The number of carboxylic acids is 2. The van der Waals surface area contributed by atoms with E-state index in [1.54, 1.807) is 13.8 Å². The van der Waals surface area contributed by atoms with E-state index in [4.69, 9.17) is 15.9 Å². The second kappa shape index (κ2) is 13.0. The van der Waals surface area contributed by atoms with Gasteiger partial charge in [-0.15, -0.1) is 0 Å². The van der Waals surface area contributed by atoms with Gasteiger partial charge in [0.15, 0.2) is 0 Å². The smallest absolute Gasteiger partial charge is 0.326 e. The maximum absolute atomic E-state index is 12.3. The zero-order valence-electron chi connectivity index (χ0n) is 16.9. The Labute approximate surface area is 173 Å². The fraction of sp³-hybridized carbons (Fsp3) is 0.706. The number of carbonyl (C=O) groups is 5. The van der Waals surface area contributed by atoms with Crippen LogP contribution in [-0.2, 0) is 24.0 Å². The summed E-state index contributed by atoms with van der Waals surface area (Å²) < 4.78 is 0. The van der Waals surface area contributed by atoms with Crippen molar-refractivity contribution >= 4 is 41.4 Å². The highest BCUT2D eigenvalue weighted by molar-refractivity contribution is 7.98. The maximum atomic E-state index is 12.3. The van der Waals surface area contributed by atoms with Gasteiger partial charge in [0.2, 0.25) is 17.7 Å². The van der Waals surface area contributed by atoms with Crippen molar-refractivity contribution in [1.29, 1.82) is 0 Å². The van der Waals surface area contributed by atoms with Gasteiger partial charge in [0.05, 0.1) is 12.5 Å². The van der Waals surface area contributed by atoms with Crippen LogP contribution in [0.2, 0.25) is 0 Å². The predicted molar refractivity (Wildman–Crippen MR) is 107 cm³/mol. The number of nitrogens with two attached hydrogens (primary N) is 1. The molecule has 0 aliphatic carbocycles. The van der Waals surface area contributed by atoms with E-state index in [0.717, 1.165) is 0 Å². The highest BCUT2D eigenvalue weighted by Crippen LogP contribution is 2.04. The topological polar surface area (TPSA) is 188 Å². The van der Waals surface area contributed by atoms with Gasteiger partial charge < -0.3 is 31.9 Å². The molecule has 0 bridgehead atoms. The fourth-order valence-corrected chi connectivity index (χ4v) is 2.70. The van der Waals surface area contributed by atoms with Gasteiger partial charge >= 0.3 is 11.9 Å². The average Bonchev–Trinajstić information content (AvgIpc) is 2.61. The van der Waals surface area contributed by atoms with Crippen molar-refractivity contribution in [3.05, 3.63) is 0 Å². The lowest BCUT2D eigenvalue weighted by molar-refractivity contribution is -0.144. The van der Waals surface area contributed by atoms with E-state index in [-0.39, 0.29) is 0 Å². The van der Waals surface area contributed by atoms with Crippen LogP contribution < -0.4 is 21.7 Å². The van der Waals surface area contributed by atoms with Gasteiger partial charge in [-0.05, 0) is 31.3 Å². The molecular formula is C17H30N4O7S. The molecule has 0 aliphatic rings. The molecule has 0 aliphatic heterocycles. The molecule has 12 heteroatoms. The molecule has 0 aromatic carbocycles. The molecule has 0 rings (SSSR count). The number of nitrogens with one attached hydrogen (secondary N) is 3. The van der Waals surface area contributed by atoms with Crippen LogP contribution in [0.1, 0.15) is 33.6 Å². The van der Waals surface area contributed by atoms with Crippen molar-refractivity contribution in [3.63, 3.8) is 0 Å². The summed E-state index contributed by atoms with van der Waals surface area (Å²) in [5.41, 5.74) is 5.72. The first-order chi connectivity index (χ1) is 13.4. The number of amides is 3. The third kappa shape index (κ3) is 10.1. The Morgan fingerprint density at radius 3 is 1.97 bits per heavy atom. The summed E-state index contributed by atoms with van der Waals surface area (Å²) in [6.45, 7) is 4.50. The van der Waals surface area contributed by atoms with Crippen LogP contribution in [0.15, 0.2) is 0 Å². The molecule has 7 N–H and O–H groups in total. The first-order valence-corrected chi connectivity index (χ1v) is 10.4. The summed E-state index contributed by atoms with van der Waals surface area (Å²) in [7, 11) is 0. The second-order valence-corrected chi connectivity index (χ2v) is 7.83. The minimum atomic E-state index is -1.51. The number of hydrogen-bond acceptors (Lipinski definition) is 7. The maximum Gasteiger partial charge on any atom is 0.326 e. The molecule has 29 heavy (non-hydrogen) atoms. The zero-order valence-corrected chi connectivity index (χ0v) is 17.7. The van der Waals surface area contributed by atoms with Gasteiger partial charge in [-0.1, -0.05) is 13.8 Å². The largest absolute Gasteiger partial charge is 0.481 e. The number of carbonyl (C=O) groups excluding carboxylic acids is 3. The first kappa shape index (κ1) is 26.7. The Balaban J connectivity index is 5.05. The molecule has 0 spiro atoms. The molecule has 0 saturated heterocycles. The van der Waals surface area contributed by atoms with Crippen LogP contribution in [0.5, 0.6) is 0 Å². The Bertz CT molecular complexity index is 615. The molecule has 0 heterocycles. The summed E-state index contributed by atoms with van der Waals surface area (Å²) in [5.74, 6) is -4.74. The van der Waals surface area contributed by atoms with Crippen molar-refractivity contribution in [1.82, 2.24) is 16.0 Å². The third-order valence-electron chi connectivity index (χ3n) is 3.96. The van der Waals surface area contributed by atoms with Crippen LogP contribution in [0, 0.1) is 5.92 Å². The van der Waals surface area contributed by atoms with Crippen LogP contribution >= 0.6 is 11.8 Å². The minimum absolute atomic E-state index is 0.414. The molecule has 3 amide bonds. The van der Waals surface area contributed by atoms with Crippen molar-refractivity contribution in [2.45, 2.75) is 57.8 Å². The molecule has 4 unspecified atom stereocenters. The van der Waals surface area contributed by atoms with Gasteiger partial charge in [-0.2, -0.15) is 11.8 Å². The fourth-order valence-electron chi connectivity index (χ4n) is 2.21. The Morgan fingerprint density at radius 1 is 0.931 bits per heavy atom. The van der Waals surface area contributed by atoms with Crippen LogP contribution in [0.4, 0.5) is 0 Å². The Hall–Kier alpha value is -2.34. The average molecular weight is 435 g/mol. The zero-order chi connectivity index (χ0) is 22.7.